The van der Waals surface area contributed by atoms with Crippen LogP contribution in [0.15, 0.2) is 30.3 Å². The number of halogens is 1. The van der Waals surface area contributed by atoms with E-state index >= 15 is 0 Å². The van der Waals surface area contributed by atoms with Crippen molar-refractivity contribution in [1.82, 2.24) is 0 Å². The Morgan fingerprint density at radius 1 is 1.07 bits per heavy atom. The summed E-state index contributed by atoms with van der Waals surface area (Å²) in [6.45, 7) is 2.88. The number of hydrogen-bond acceptors (Lipinski definition) is 7. The highest BCUT2D eigenvalue weighted by molar-refractivity contribution is 7.16. The highest BCUT2D eigenvalue weighted by Gasteiger charge is 2.19. The van der Waals surface area contributed by atoms with E-state index in [-0.39, 0.29) is 12.2 Å². The fraction of sp³-hybridized carbons (Fsp3) is 0.316. The first-order valence-electron chi connectivity index (χ1n) is 8.56. The van der Waals surface area contributed by atoms with Gasteiger partial charge < -0.3 is 19.5 Å². The second-order valence-electron chi connectivity index (χ2n) is 5.48. The topological polar surface area (TPSA) is 90.9 Å². The highest BCUT2D eigenvalue weighted by Crippen LogP contribution is 2.29. The van der Waals surface area contributed by atoms with E-state index in [0.717, 1.165) is 4.88 Å². The number of esters is 2. The zero-order valence-corrected chi connectivity index (χ0v) is 16.3. The highest BCUT2D eigenvalue weighted by atomic mass is 32.1. The van der Waals surface area contributed by atoms with Crippen molar-refractivity contribution >= 4 is 34.2 Å². The van der Waals surface area contributed by atoms with E-state index in [1.165, 1.54) is 35.6 Å². The molecule has 0 aliphatic carbocycles. The Morgan fingerprint density at radius 2 is 1.79 bits per heavy atom. The molecule has 1 aromatic heterocycles. The molecule has 0 spiro atoms. The third kappa shape index (κ3) is 6.34. The number of hydrogen-bond donors (Lipinski definition) is 1. The molecule has 9 heteroatoms. The quantitative estimate of drug-likeness (QED) is 0.640. The largest absolute Gasteiger partial charge is 0.482 e. The van der Waals surface area contributed by atoms with E-state index in [9.17, 15) is 18.8 Å². The van der Waals surface area contributed by atoms with Crippen LogP contribution in [-0.4, -0.2) is 37.7 Å². The number of nitrogens with one attached hydrogen (secondary N) is 1. The van der Waals surface area contributed by atoms with E-state index in [2.05, 4.69) is 5.32 Å². The maximum absolute atomic E-state index is 12.8. The molecule has 1 amide bonds. The van der Waals surface area contributed by atoms with Crippen molar-refractivity contribution in [1.29, 1.82) is 0 Å². The van der Waals surface area contributed by atoms with Crippen LogP contribution in [0.3, 0.4) is 0 Å². The fourth-order valence-electron chi connectivity index (χ4n) is 2.09. The molecule has 1 aromatic carbocycles. The number of rotatable bonds is 9. The van der Waals surface area contributed by atoms with E-state index in [0.29, 0.717) is 17.2 Å². The Balaban J connectivity index is 1.84. The van der Waals surface area contributed by atoms with Crippen molar-refractivity contribution in [3.63, 3.8) is 0 Å². The SMILES string of the molecule is CCOC(=O)c1cc(CC)sc1NC(=O)COC(=O)COc1ccc(F)cc1. The van der Waals surface area contributed by atoms with Gasteiger partial charge in [0.25, 0.3) is 5.91 Å². The summed E-state index contributed by atoms with van der Waals surface area (Å²) in [5.74, 6) is -2.00. The Labute approximate surface area is 165 Å². The van der Waals surface area contributed by atoms with Gasteiger partial charge in [-0.25, -0.2) is 14.0 Å². The lowest BCUT2D eigenvalue weighted by atomic mass is 10.2. The summed E-state index contributed by atoms with van der Waals surface area (Å²) < 4.78 is 27.8. The maximum Gasteiger partial charge on any atom is 0.344 e. The van der Waals surface area contributed by atoms with Gasteiger partial charge >= 0.3 is 11.9 Å². The van der Waals surface area contributed by atoms with E-state index in [4.69, 9.17) is 14.2 Å². The molecule has 0 saturated heterocycles. The second-order valence-corrected chi connectivity index (χ2v) is 6.62. The molecule has 0 fully saturated rings. The predicted molar refractivity (Wildman–Crippen MR) is 101 cm³/mol. The van der Waals surface area contributed by atoms with Gasteiger partial charge in [-0.1, -0.05) is 6.92 Å². The Kier molecular flexibility index (Phi) is 7.94. The van der Waals surface area contributed by atoms with Crippen molar-refractivity contribution in [2.24, 2.45) is 0 Å². The average molecular weight is 409 g/mol. The number of thiophene rings is 1. The van der Waals surface area contributed by atoms with Crippen molar-refractivity contribution in [2.75, 3.05) is 25.1 Å². The van der Waals surface area contributed by atoms with E-state index in [1.807, 2.05) is 6.92 Å². The van der Waals surface area contributed by atoms with Gasteiger partial charge in [0.1, 0.15) is 16.6 Å². The molecule has 2 aromatic rings. The van der Waals surface area contributed by atoms with Crippen LogP contribution < -0.4 is 10.1 Å². The van der Waals surface area contributed by atoms with Gasteiger partial charge in [-0.15, -0.1) is 11.3 Å². The molecule has 1 heterocycles. The Morgan fingerprint density at radius 3 is 2.43 bits per heavy atom. The summed E-state index contributed by atoms with van der Waals surface area (Å²) in [6.07, 6.45) is 0.697. The number of amides is 1. The van der Waals surface area contributed by atoms with Crippen LogP contribution >= 0.6 is 11.3 Å². The van der Waals surface area contributed by atoms with Crippen LogP contribution in [0.1, 0.15) is 29.1 Å². The number of benzene rings is 1. The third-order valence-corrected chi connectivity index (χ3v) is 4.61. The van der Waals surface area contributed by atoms with Crippen molar-refractivity contribution < 1.29 is 33.0 Å². The lowest BCUT2D eigenvalue weighted by Crippen LogP contribution is -2.24. The molecule has 0 aliphatic heterocycles. The minimum atomic E-state index is -0.759. The molecular formula is C19H20FNO6S. The van der Waals surface area contributed by atoms with Crippen LogP contribution in [0.5, 0.6) is 5.75 Å². The lowest BCUT2D eigenvalue weighted by Gasteiger charge is -2.08. The molecule has 0 unspecified atom stereocenters. The molecule has 0 radical (unpaired) electrons. The normalized spacial score (nSPS) is 10.2. The standard InChI is InChI=1S/C19H20FNO6S/c1-3-14-9-15(19(24)25-4-2)18(28-14)21-16(22)10-27-17(23)11-26-13-7-5-12(20)6-8-13/h5-9H,3-4,10-11H2,1-2H3,(H,21,22). The van der Waals surface area contributed by atoms with Gasteiger partial charge in [0, 0.05) is 4.88 Å². The number of anilines is 1. The maximum atomic E-state index is 12.8. The van der Waals surface area contributed by atoms with Crippen molar-refractivity contribution in [2.45, 2.75) is 20.3 Å². The molecule has 1 N–H and O–H groups in total. The summed E-state index contributed by atoms with van der Waals surface area (Å²) >= 11 is 1.26. The lowest BCUT2D eigenvalue weighted by molar-refractivity contribution is -0.149. The van der Waals surface area contributed by atoms with Gasteiger partial charge in [-0.3, -0.25) is 4.79 Å². The predicted octanol–water partition coefficient (Wildman–Crippen LogP) is 3.19. The van der Waals surface area contributed by atoms with Crippen molar-refractivity contribution in [3.05, 3.63) is 46.6 Å². The van der Waals surface area contributed by atoms with Gasteiger partial charge in [0.15, 0.2) is 13.2 Å². The van der Waals surface area contributed by atoms with E-state index < -0.39 is 36.9 Å². The molecule has 28 heavy (non-hydrogen) atoms. The first kappa shape index (κ1) is 21.4. The number of ether oxygens (including phenoxy) is 3. The smallest absolute Gasteiger partial charge is 0.344 e. The minimum Gasteiger partial charge on any atom is -0.482 e. The molecule has 150 valence electrons. The van der Waals surface area contributed by atoms with Gasteiger partial charge in [-0.05, 0) is 43.7 Å². The van der Waals surface area contributed by atoms with Gasteiger partial charge in [0.05, 0.1) is 12.2 Å². The van der Waals surface area contributed by atoms with Crippen LogP contribution in [0.25, 0.3) is 0 Å². The molecule has 0 atom stereocenters. The number of carbonyl (C=O) groups excluding carboxylic acids is 3. The summed E-state index contributed by atoms with van der Waals surface area (Å²) in [5.41, 5.74) is 0.267. The molecule has 2 rings (SSSR count). The molecule has 0 bridgehead atoms. The van der Waals surface area contributed by atoms with Crippen LogP contribution in [0.4, 0.5) is 9.39 Å². The van der Waals surface area contributed by atoms with Crippen LogP contribution in [0.2, 0.25) is 0 Å². The summed E-state index contributed by atoms with van der Waals surface area (Å²) in [4.78, 5) is 36.6. The van der Waals surface area contributed by atoms with Crippen LogP contribution in [0, 0.1) is 5.82 Å². The first-order valence-corrected chi connectivity index (χ1v) is 9.38. The van der Waals surface area contributed by atoms with E-state index in [1.54, 1.807) is 13.0 Å². The summed E-state index contributed by atoms with van der Waals surface area (Å²) in [6, 6.07) is 6.80. The molecular weight excluding hydrogens is 389 g/mol. The summed E-state index contributed by atoms with van der Waals surface area (Å²) in [7, 11) is 0. The van der Waals surface area contributed by atoms with Crippen molar-refractivity contribution in [3.8, 4) is 5.75 Å². The molecule has 0 saturated carbocycles. The number of carbonyl (C=O) groups is 3. The monoisotopic (exact) mass is 409 g/mol. The zero-order valence-electron chi connectivity index (χ0n) is 15.5. The molecule has 0 aliphatic rings. The third-order valence-electron chi connectivity index (χ3n) is 3.41. The average Bonchev–Trinajstić information content (AvgIpc) is 3.09. The second kappa shape index (κ2) is 10.4. The minimum absolute atomic E-state index is 0.217. The molecule has 7 nitrogen and oxygen atoms in total. The van der Waals surface area contributed by atoms with Crippen LogP contribution in [-0.2, 0) is 25.5 Å². The van der Waals surface area contributed by atoms with Gasteiger partial charge in [0.2, 0.25) is 0 Å². The number of aryl methyl sites for hydroxylation is 1. The zero-order chi connectivity index (χ0) is 20.5. The Hall–Kier alpha value is -2.94. The Bertz CT molecular complexity index is 833. The first-order chi connectivity index (χ1) is 13.4. The fourth-order valence-corrected chi connectivity index (χ4v) is 3.09. The van der Waals surface area contributed by atoms with Gasteiger partial charge in [-0.2, -0.15) is 0 Å². The summed E-state index contributed by atoms with van der Waals surface area (Å²) in [5, 5.41) is 2.91.